The normalized spacial score (nSPS) is 14.8. The second kappa shape index (κ2) is 6.42. The van der Waals surface area contributed by atoms with E-state index < -0.39 is 10.0 Å². The molecular formula is C18H17N3O3S. The molecule has 3 aromatic rings. The van der Waals surface area contributed by atoms with Crippen molar-refractivity contribution >= 4 is 10.0 Å². The van der Waals surface area contributed by atoms with Crippen molar-refractivity contribution in [3.05, 3.63) is 66.8 Å². The van der Waals surface area contributed by atoms with E-state index in [-0.39, 0.29) is 17.5 Å². The molecule has 1 aromatic carbocycles. The standard InChI is InChI=1S/C18H17N3O3S/c22-25(23,17-7-4-10-19-11-17)21(16-8-9-16)12-15-13-24-18(20-15)14-5-2-1-3-6-14/h1-7,10-11,13,16H,8-9,12H2. The number of oxazole rings is 1. The van der Waals surface area contributed by atoms with Gasteiger partial charge in [0.2, 0.25) is 15.9 Å². The van der Waals surface area contributed by atoms with Gasteiger partial charge in [-0.15, -0.1) is 0 Å². The SMILES string of the molecule is O=S(=O)(c1cccnc1)N(Cc1coc(-c2ccccc2)n1)C1CC1. The van der Waals surface area contributed by atoms with E-state index in [4.69, 9.17) is 4.42 Å². The number of rotatable bonds is 6. The molecule has 2 aromatic heterocycles. The van der Waals surface area contributed by atoms with Crippen LogP contribution in [0.4, 0.5) is 0 Å². The number of pyridine rings is 1. The minimum atomic E-state index is -3.60. The average Bonchev–Trinajstić information content (AvgIpc) is 3.38. The van der Waals surface area contributed by atoms with Gasteiger partial charge in [0, 0.05) is 24.0 Å². The van der Waals surface area contributed by atoms with E-state index in [9.17, 15) is 8.42 Å². The van der Waals surface area contributed by atoms with Crippen LogP contribution in [0.3, 0.4) is 0 Å². The van der Waals surface area contributed by atoms with Crippen LogP contribution in [0.1, 0.15) is 18.5 Å². The Labute approximate surface area is 146 Å². The van der Waals surface area contributed by atoms with Gasteiger partial charge in [0.15, 0.2) is 0 Å². The lowest BCUT2D eigenvalue weighted by atomic mass is 10.2. The number of hydrogen-bond acceptors (Lipinski definition) is 5. The van der Waals surface area contributed by atoms with Crippen LogP contribution in [-0.2, 0) is 16.6 Å². The average molecular weight is 355 g/mol. The lowest BCUT2D eigenvalue weighted by molar-refractivity contribution is 0.393. The van der Waals surface area contributed by atoms with Gasteiger partial charge in [-0.3, -0.25) is 4.98 Å². The Morgan fingerprint density at radius 2 is 1.92 bits per heavy atom. The number of benzene rings is 1. The molecule has 128 valence electrons. The number of nitrogens with zero attached hydrogens (tertiary/aromatic N) is 3. The molecule has 0 amide bonds. The zero-order valence-electron chi connectivity index (χ0n) is 13.4. The highest BCUT2D eigenvalue weighted by molar-refractivity contribution is 7.89. The van der Waals surface area contributed by atoms with Crippen LogP contribution in [0, 0.1) is 0 Å². The third kappa shape index (κ3) is 3.33. The Balaban J connectivity index is 1.61. The van der Waals surface area contributed by atoms with E-state index in [0.29, 0.717) is 11.6 Å². The van der Waals surface area contributed by atoms with Gasteiger partial charge < -0.3 is 4.42 Å². The molecule has 1 aliphatic rings. The monoisotopic (exact) mass is 355 g/mol. The van der Waals surface area contributed by atoms with Gasteiger partial charge in [-0.1, -0.05) is 18.2 Å². The van der Waals surface area contributed by atoms with Gasteiger partial charge in [-0.05, 0) is 37.1 Å². The topological polar surface area (TPSA) is 76.3 Å². The third-order valence-corrected chi connectivity index (χ3v) is 5.97. The van der Waals surface area contributed by atoms with Crippen LogP contribution < -0.4 is 0 Å². The summed E-state index contributed by atoms with van der Waals surface area (Å²) < 4.78 is 32.9. The third-order valence-electron chi connectivity index (χ3n) is 4.09. The van der Waals surface area contributed by atoms with Gasteiger partial charge in [0.25, 0.3) is 0 Å². The highest BCUT2D eigenvalue weighted by Gasteiger charge is 2.38. The maximum absolute atomic E-state index is 12.9. The summed E-state index contributed by atoms with van der Waals surface area (Å²) in [5.74, 6) is 0.491. The molecule has 0 N–H and O–H groups in total. The van der Waals surface area contributed by atoms with Crippen molar-refractivity contribution in [2.45, 2.75) is 30.3 Å². The van der Waals surface area contributed by atoms with Crippen LogP contribution in [0.25, 0.3) is 11.5 Å². The summed E-state index contributed by atoms with van der Waals surface area (Å²) in [6.07, 6.45) is 6.19. The Hall–Kier alpha value is -2.51. The molecule has 25 heavy (non-hydrogen) atoms. The van der Waals surface area contributed by atoms with Crippen LogP contribution >= 0.6 is 0 Å². The molecular weight excluding hydrogens is 338 g/mol. The predicted molar refractivity (Wildman–Crippen MR) is 91.9 cm³/mol. The molecule has 0 bridgehead atoms. The predicted octanol–water partition coefficient (Wildman–Crippen LogP) is 3.09. The zero-order chi connectivity index (χ0) is 17.3. The number of sulfonamides is 1. The Morgan fingerprint density at radius 1 is 1.12 bits per heavy atom. The fraction of sp³-hybridized carbons (Fsp3) is 0.222. The van der Waals surface area contributed by atoms with Crippen LogP contribution in [0.5, 0.6) is 0 Å². The van der Waals surface area contributed by atoms with Gasteiger partial charge in [0.05, 0.1) is 12.2 Å². The summed E-state index contributed by atoms with van der Waals surface area (Å²) in [6.45, 7) is 0.193. The minimum Gasteiger partial charge on any atom is -0.444 e. The van der Waals surface area contributed by atoms with E-state index in [1.54, 1.807) is 18.3 Å². The Morgan fingerprint density at radius 3 is 2.60 bits per heavy atom. The van der Waals surface area contributed by atoms with E-state index >= 15 is 0 Å². The van der Waals surface area contributed by atoms with Crippen molar-refractivity contribution < 1.29 is 12.8 Å². The van der Waals surface area contributed by atoms with E-state index in [2.05, 4.69) is 9.97 Å². The molecule has 1 aliphatic carbocycles. The van der Waals surface area contributed by atoms with Gasteiger partial charge in [-0.2, -0.15) is 4.31 Å². The summed E-state index contributed by atoms with van der Waals surface area (Å²) in [5.41, 5.74) is 1.46. The van der Waals surface area contributed by atoms with Crippen molar-refractivity contribution in [1.82, 2.24) is 14.3 Å². The molecule has 0 atom stereocenters. The van der Waals surface area contributed by atoms with E-state index in [1.165, 1.54) is 16.8 Å². The van der Waals surface area contributed by atoms with Crippen molar-refractivity contribution in [2.24, 2.45) is 0 Å². The molecule has 0 saturated heterocycles. The van der Waals surface area contributed by atoms with Crippen LogP contribution in [-0.4, -0.2) is 28.7 Å². The van der Waals surface area contributed by atoms with Gasteiger partial charge in [0.1, 0.15) is 11.2 Å². The maximum atomic E-state index is 12.9. The van der Waals surface area contributed by atoms with Crippen molar-refractivity contribution in [3.63, 3.8) is 0 Å². The number of aromatic nitrogens is 2. The molecule has 1 fully saturated rings. The van der Waals surface area contributed by atoms with Crippen molar-refractivity contribution in [3.8, 4) is 11.5 Å². The minimum absolute atomic E-state index is 0.0158. The molecule has 6 nitrogen and oxygen atoms in total. The lowest BCUT2D eigenvalue weighted by Gasteiger charge is -2.20. The first kappa shape index (κ1) is 16.0. The van der Waals surface area contributed by atoms with Crippen molar-refractivity contribution in [2.75, 3.05) is 0 Å². The molecule has 7 heteroatoms. The quantitative estimate of drug-likeness (QED) is 0.679. The van der Waals surface area contributed by atoms with Crippen LogP contribution in [0.15, 0.2) is 70.4 Å². The molecule has 0 aliphatic heterocycles. The van der Waals surface area contributed by atoms with E-state index in [1.807, 2.05) is 30.3 Å². The summed E-state index contributed by atoms with van der Waals surface area (Å²) in [7, 11) is -3.60. The smallest absolute Gasteiger partial charge is 0.245 e. The Kier molecular flexibility index (Phi) is 4.10. The molecule has 2 heterocycles. The molecule has 1 saturated carbocycles. The van der Waals surface area contributed by atoms with Gasteiger partial charge >= 0.3 is 0 Å². The first-order valence-corrected chi connectivity index (χ1v) is 9.50. The fourth-order valence-corrected chi connectivity index (χ4v) is 4.28. The molecule has 0 unspecified atom stereocenters. The Bertz CT molecular complexity index is 952. The maximum Gasteiger partial charge on any atom is 0.245 e. The first-order chi connectivity index (χ1) is 12.1. The van der Waals surface area contributed by atoms with Crippen molar-refractivity contribution in [1.29, 1.82) is 0 Å². The second-order valence-corrected chi connectivity index (χ2v) is 7.87. The largest absolute Gasteiger partial charge is 0.444 e. The first-order valence-electron chi connectivity index (χ1n) is 8.06. The molecule has 0 spiro atoms. The fourth-order valence-electron chi connectivity index (χ4n) is 2.66. The summed E-state index contributed by atoms with van der Waals surface area (Å²) >= 11 is 0. The highest BCUT2D eigenvalue weighted by atomic mass is 32.2. The summed E-state index contributed by atoms with van der Waals surface area (Å²) in [6, 6.07) is 12.7. The van der Waals surface area contributed by atoms with E-state index in [0.717, 1.165) is 18.4 Å². The highest BCUT2D eigenvalue weighted by Crippen LogP contribution is 2.33. The second-order valence-electron chi connectivity index (χ2n) is 5.98. The zero-order valence-corrected chi connectivity index (χ0v) is 14.3. The summed E-state index contributed by atoms with van der Waals surface area (Å²) in [4.78, 5) is 8.58. The lowest BCUT2D eigenvalue weighted by Crippen LogP contribution is -2.32. The molecule has 4 rings (SSSR count). The van der Waals surface area contributed by atoms with Gasteiger partial charge in [-0.25, -0.2) is 13.4 Å². The summed E-state index contributed by atoms with van der Waals surface area (Å²) in [5, 5.41) is 0. The molecule has 0 radical (unpaired) electrons. The van der Waals surface area contributed by atoms with Crippen LogP contribution in [0.2, 0.25) is 0 Å². The number of hydrogen-bond donors (Lipinski definition) is 0.